The SMILES string of the molecule is CCC(=CCn1cc(Cl)c(=O)[nH]c1=O)C(=O)OC. The fourth-order valence-electron chi connectivity index (χ4n) is 1.33. The van der Waals surface area contributed by atoms with E-state index < -0.39 is 17.2 Å². The second-order valence-corrected chi connectivity index (χ2v) is 3.87. The first-order valence-electron chi connectivity index (χ1n) is 5.26. The molecule has 0 saturated heterocycles. The van der Waals surface area contributed by atoms with Gasteiger partial charge in [0.25, 0.3) is 5.56 Å². The molecule has 1 heterocycles. The maximum atomic E-state index is 11.4. The molecule has 1 aromatic heterocycles. The van der Waals surface area contributed by atoms with Crippen molar-refractivity contribution in [2.75, 3.05) is 7.11 Å². The predicted octanol–water partition coefficient (Wildman–Crippen LogP) is 0.699. The number of ether oxygens (including phenoxy) is 1. The Morgan fingerprint density at radius 2 is 2.22 bits per heavy atom. The Balaban J connectivity index is 3.02. The first kappa shape index (κ1) is 14.2. The molecule has 0 aliphatic rings. The summed E-state index contributed by atoms with van der Waals surface area (Å²) in [7, 11) is 1.29. The van der Waals surface area contributed by atoms with Crippen LogP contribution in [0.4, 0.5) is 0 Å². The summed E-state index contributed by atoms with van der Waals surface area (Å²) >= 11 is 5.61. The van der Waals surface area contributed by atoms with Crippen molar-refractivity contribution in [2.24, 2.45) is 0 Å². The van der Waals surface area contributed by atoms with Crippen LogP contribution in [0.15, 0.2) is 27.4 Å². The van der Waals surface area contributed by atoms with E-state index in [1.807, 2.05) is 0 Å². The van der Waals surface area contributed by atoms with Crippen LogP contribution < -0.4 is 11.2 Å². The standard InChI is InChI=1S/C11H13ClN2O4/c1-3-7(10(16)18-2)4-5-14-6-8(12)9(15)13-11(14)17/h4,6H,3,5H2,1-2H3,(H,13,15,17). The Hall–Kier alpha value is -1.82. The number of nitrogens with one attached hydrogen (secondary N) is 1. The molecule has 0 fully saturated rings. The summed E-state index contributed by atoms with van der Waals surface area (Å²) in [6, 6.07) is 0. The summed E-state index contributed by atoms with van der Waals surface area (Å²) in [5.41, 5.74) is -0.765. The minimum absolute atomic E-state index is 0.0842. The minimum atomic E-state index is -0.634. The molecule has 6 nitrogen and oxygen atoms in total. The molecule has 0 aliphatic heterocycles. The van der Waals surface area contributed by atoms with Crippen LogP contribution in [0.3, 0.4) is 0 Å². The highest BCUT2D eigenvalue weighted by Crippen LogP contribution is 2.04. The Labute approximate surface area is 108 Å². The van der Waals surface area contributed by atoms with Crippen LogP contribution in [0.25, 0.3) is 0 Å². The molecule has 0 spiro atoms. The number of rotatable bonds is 4. The van der Waals surface area contributed by atoms with Crippen molar-refractivity contribution in [3.63, 3.8) is 0 Å². The summed E-state index contributed by atoms with van der Waals surface area (Å²) in [6.45, 7) is 1.93. The third-order valence-corrected chi connectivity index (χ3v) is 2.60. The van der Waals surface area contributed by atoms with Gasteiger partial charge in [-0.3, -0.25) is 14.3 Å². The molecule has 0 aromatic carbocycles. The van der Waals surface area contributed by atoms with E-state index in [1.54, 1.807) is 13.0 Å². The molecular weight excluding hydrogens is 260 g/mol. The zero-order chi connectivity index (χ0) is 13.7. The van der Waals surface area contributed by atoms with Gasteiger partial charge in [-0.2, -0.15) is 0 Å². The van der Waals surface area contributed by atoms with Crippen molar-refractivity contribution < 1.29 is 9.53 Å². The van der Waals surface area contributed by atoms with E-state index >= 15 is 0 Å². The van der Waals surface area contributed by atoms with Crippen molar-refractivity contribution in [3.05, 3.63) is 43.7 Å². The van der Waals surface area contributed by atoms with E-state index in [1.165, 1.54) is 17.9 Å². The zero-order valence-corrected chi connectivity index (χ0v) is 10.8. The van der Waals surface area contributed by atoms with Crippen molar-refractivity contribution in [3.8, 4) is 0 Å². The number of esters is 1. The minimum Gasteiger partial charge on any atom is -0.466 e. The number of halogens is 1. The van der Waals surface area contributed by atoms with E-state index in [2.05, 4.69) is 9.72 Å². The Kier molecular flexibility index (Phi) is 4.91. The number of carbonyl (C=O) groups is 1. The van der Waals surface area contributed by atoms with Crippen LogP contribution in [0.5, 0.6) is 0 Å². The summed E-state index contributed by atoms with van der Waals surface area (Å²) in [6.07, 6.45) is 3.27. The lowest BCUT2D eigenvalue weighted by Gasteiger charge is -2.04. The average Bonchev–Trinajstić information content (AvgIpc) is 2.35. The Bertz CT molecular complexity index is 585. The van der Waals surface area contributed by atoms with Gasteiger partial charge in [-0.1, -0.05) is 24.6 Å². The molecule has 0 aliphatic carbocycles. The number of carbonyl (C=O) groups excluding carboxylic acids is 1. The second-order valence-electron chi connectivity index (χ2n) is 3.46. The molecule has 0 saturated carbocycles. The first-order chi connectivity index (χ1) is 8.49. The Morgan fingerprint density at radius 1 is 1.56 bits per heavy atom. The molecule has 1 N–H and O–H groups in total. The van der Waals surface area contributed by atoms with Gasteiger partial charge in [-0.15, -0.1) is 0 Å². The molecule has 18 heavy (non-hydrogen) atoms. The highest BCUT2D eigenvalue weighted by Gasteiger charge is 2.07. The van der Waals surface area contributed by atoms with Crippen LogP contribution in [-0.4, -0.2) is 22.6 Å². The smallest absolute Gasteiger partial charge is 0.333 e. The molecule has 0 amide bonds. The molecule has 1 aromatic rings. The van der Waals surface area contributed by atoms with E-state index in [4.69, 9.17) is 11.6 Å². The number of aromatic nitrogens is 2. The lowest BCUT2D eigenvalue weighted by Crippen LogP contribution is -2.29. The van der Waals surface area contributed by atoms with Gasteiger partial charge in [-0.25, -0.2) is 9.59 Å². The largest absolute Gasteiger partial charge is 0.466 e. The third-order valence-electron chi connectivity index (χ3n) is 2.33. The highest BCUT2D eigenvalue weighted by atomic mass is 35.5. The molecule has 0 unspecified atom stereocenters. The van der Waals surface area contributed by atoms with Crippen molar-refractivity contribution >= 4 is 17.6 Å². The monoisotopic (exact) mass is 272 g/mol. The topological polar surface area (TPSA) is 81.2 Å². The van der Waals surface area contributed by atoms with Gasteiger partial charge < -0.3 is 4.74 Å². The average molecular weight is 273 g/mol. The molecule has 0 bridgehead atoms. The lowest BCUT2D eigenvalue weighted by molar-refractivity contribution is -0.136. The fourth-order valence-corrected chi connectivity index (χ4v) is 1.50. The number of H-pyrrole nitrogens is 1. The van der Waals surface area contributed by atoms with Crippen molar-refractivity contribution in [1.29, 1.82) is 0 Å². The van der Waals surface area contributed by atoms with Gasteiger partial charge in [0, 0.05) is 18.3 Å². The van der Waals surface area contributed by atoms with Crippen LogP contribution in [0.2, 0.25) is 5.02 Å². The van der Waals surface area contributed by atoms with Gasteiger partial charge in [0.1, 0.15) is 5.02 Å². The normalized spacial score (nSPS) is 11.4. The summed E-state index contributed by atoms with van der Waals surface area (Å²) in [4.78, 5) is 35.9. The molecule has 0 radical (unpaired) electrons. The van der Waals surface area contributed by atoms with E-state index in [-0.39, 0.29) is 11.6 Å². The van der Waals surface area contributed by atoms with Crippen LogP contribution in [0, 0.1) is 0 Å². The highest BCUT2D eigenvalue weighted by molar-refractivity contribution is 6.30. The van der Waals surface area contributed by atoms with Crippen molar-refractivity contribution in [2.45, 2.75) is 19.9 Å². The second kappa shape index (κ2) is 6.20. The van der Waals surface area contributed by atoms with Gasteiger partial charge in [-0.05, 0) is 6.42 Å². The quantitative estimate of drug-likeness (QED) is 0.646. The van der Waals surface area contributed by atoms with Gasteiger partial charge in [0.15, 0.2) is 0 Å². The van der Waals surface area contributed by atoms with Crippen LogP contribution in [-0.2, 0) is 16.1 Å². The van der Waals surface area contributed by atoms with Gasteiger partial charge >= 0.3 is 11.7 Å². The zero-order valence-electron chi connectivity index (χ0n) is 10.0. The molecule has 7 heteroatoms. The summed E-state index contributed by atoms with van der Waals surface area (Å²) in [5, 5.41) is -0.0842. The number of methoxy groups -OCH3 is 1. The maximum absolute atomic E-state index is 11.4. The predicted molar refractivity (Wildman–Crippen MR) is 66.7 cm³/mol. The molecule has 1 rings (SSSR count). The van der Waals surface area contributed by atoms with Crippen LogP contribution in [0.1, 0.15) is 13.3 Å². The van der Waals surface area contributed by atoms with Crippen LogP contribution >= 0.6 is 11.6 Å². The van der Waals surface area contributed by atoms with Gasteiger partial charge in [0.05, 0.1) is 7.11 Å². The van der Waals surface area contributed by atoms with E-state index in [9.17, 15) is 14.4 Å². The number of aromatic amines is 1. The molecule has 0 atom stereocenters. The van der Waals surface area contributed by atoms with E-state index in [0.29, 0.717) is 12.0 Å². The lowest BCUT2D eigenvalue weighted by atomic mass is 10.2. The van der Waals surface area contributed by atoms with Gasteiger partial charge in [0.2, 0.25) is 0 Å². The third kappa shape index (κ3) is 3.33. The number of hydrogen-bond donors (Lipinski definition) is 1. The number of hydrogen-bond acceptors (Lipinski definition) is 4. The Morgan fingerprint density at radius 3 is 2.78 bits per heavy atom. The first-order valence-corrected chi connectivity index (χ1v) is 5.64. The van der Waals surface area contributed by atoms with E-state index in [0.717, 1.165) is 0 Å². The number of allylic oxidation sites excluding steroid dienone is 1. The maximum Gasteiger partial charge on any atom is 0.333 e. The number of nitrogens with zero attached hydrogens (tertiary/aromatic N) is 1. The molecular formula is C11H13ClN2O4. The van der Waals surface area contributed by atoms with Crippen molar-refractivity contribution in [1.82, 2.24) is 9.55 Å². The molecule has 98 valence electrons. The summed E-state index contributed by atoms with van der Waals surface area (Å²) < 4.78 is 5.78. The summed E-state index contributed by atoms with van der Waals surface area (Å²) in [5.74, 6) is -0.443. The fraction of sp³-hybridized carbons (Fsp3) is 0.364.